The standard InChI is InChI=1S/C11H8BrN5O6/c1-23-5-2-3-6(7(4-5)16(19)20)13-11(18)9-8(12)10(15-14-9)17(21)22/h2-4H,1H3,(H,13,18)(H,14,15). The van der Waals surface area contributed by atoms with Gasteiger partial charge in [0.2, 0.25) is 0 Å². The summed E-state index contributed by atoms with van der Waals surface area (Å²) in [6.45, 7) is 0. The minimum absolute atomic E-state index is 0.0987. The Hall–Kier alpha value is -3.02. The van der Waals surface area contributed by atoms with Crippen LogP contribution in [0.5, 0.6) is 5.75 Å². The number of aromatic amines is 1. The fourth-order valence-electron chi connectivity index (χ4n) is 1.67. The zero-order valence-corrected chi connectivity index (χ0v) is 13.0. The first-order valence-corrected chi connectivity index (χ1v) is 6.66. The number of rotatable bonds is 5. The van der Waals surface area contributed by atoms with Gasteiger partial charge in [-0.15, -0.1) is 5.10 Å². The molecule has 1 amide bonds. The summed E-state index contributed by atoms with van der Waals surface area (Å²) in [4.78, 5) is 32.4. The molecule has 0 unspecified atom stereocenters. The Kier molecular flexibility index (Phi) is 4.55. The van der Waals surface area contributed by atoms with Crippen LogP contribution in [0.1, 0.15) is 10.5 Å². The van der Waals surface area contributed by atoms with Crippen molar-refractivity contribution >= 4 is 39.0 Å². The number of hydrogen-bond acceptors (Lipinski definition) is 7. The number of hydrogen-bond donors (Lipinski definition) is 2. The molecule has 1 aromatic heterocycles. The largest absolute Gasteiger partial charge is 0.496 e. The molecule has 0 fully saturated rings. The molecule has 0 saturated carbocycles. The number of aromatic nitrogens is 2. The van der Waals surface area contributed by atoms with Crippen LogP contribution in [0.2, 0.25) is 0 Å². The molecule has 0 bridgehead atoms. The second-order valence-electron chi connectivity index (χ2n) is 4.09. The number of nitrogens with one attached hydrogen (secondary N) is 2. The van der Waals surface area contributed by atoms with Gasteiger partial charge < -0.3 is 20.2 Å². The molecule has 2 rings (SSSR count). The molecular formula is C11H8BrN5O6. The lowest BCUT2D eigenvalue weighted by molar-refractivity contribution is -0.390. The van der Waals surface area contributed by atoms with E-state index in [0.29, 0.717) is 0 Å². The minimum Gasteiger partial charge on any atom is -0.496 e. The number of benzene rings is 1. The lowest BCUT2D eigenvalue weighted by atomic mass is 10.2. The number of methoxy groups -OCH3 is 1. The summed E-state index contributed by atoms with van der Waals surface area (Å²) >= 11 is 2.89. The number of nitrogens with zero attached hydrogens (tertiary/aromatic N) is 3. The zero-order valence-electron chi connectivity index (χ0n) is 11.4. The number of nitro groups is 2. The molecular weight excluding hydrogens is 378 g/mol. The van der Waals surface area contributed by atoms with Gasteiger partial charge in [0.15, 0.2) is 5.69 Å². The van der Waals surface area contributed by atoms with E-state index in [1.54, 1.807) is 0 Å². The van der Waals surface area contributed by atoms with Crippen molar-refractivity contribution in [3.63, 3.8) is 0 Å². The van der Waals surface area contributed by atoms with E-state index in [2.05, 4.69) is 31.4 Å². The predicted molar refractivity (Wildman–Crippen MR) is 80.5 cm³/mol. The highest BCUT2D eigenvalue weighted by Crippen LogP contribution is 2.31. The molecule has 1 aromatic carbocycles. The highest BCUT2D eigenvalue weighted by atomic mass is 79.9. The summed E-state index contributed by atoms with van der Waals surface area (Å²) in [6, 6.07) is 3.84. The smallest absolute Gasteiger partial charge is 0.357 e. The van der Waals surface area contributed by atoms with Crippen LogP contribution in [-0.2, 0) is 0 Å². The Morgan fingerprint density at radius 1 is 1.35 bits per heavy atom. The number of anilines is 1. The van der Waals surface area contributed by atoms with Gasteiger partial charge in [-0.3, -0.25) is 14.9 Å². The van der Waals surface area contributed by atoms with Crippen LogP contribution in [0.3, 0.4) is 0 Å². The zero-order chi connectivity index (χ0) is 17.1. The van der Waals surface area contributed by atoms with Gasteiger partial charge in [-0.2, -0.15) is 0 Å². The highest BCUT2D eigenvalue weighted by Gasteiger charge is 2.26. The van der Waals surface area contributed by atoms with Gasteiger partial charge in [-0.1, -0.05) is 5.10 Å². The van der Waals surface area contributed by atoms with Crippen molar-refractivity contribution in [2.45, 2.75) is 0 Å². The van der Waals surface area contributed by atoms with E-state index in [1.165, 1.54) is 19.2 Å². The second kappa shape index (κ2) is 6.39. The Balaban J connectivity index is 2.34. The van der Waals surface area contributed by atoms with E-state index in [0.717, 1.165) is 6.07 Å². The maximum Gasteiger partial charge on any atom is 0.357 e. The maximum absolute atomic E-state index is 12.1. The van der Waals surface area contributed by atoms with Gasteiger partial charge in [0.05, 0.1) is 18.1 Å². The van der Waals surface area contributed by atoms with E-state index < -0.39 is 21.6 Å². The Morgan fingerprint density at radius 2 is 2.04 bits per heavy atom. The fraction of sp³-hybridized carbons (Fsp3) is 0.0909. The minimum atomic E-state index is -0.852. The molecule has 2 aromatic rings. The van der Waals surface area contributed by atoms with Gasteiger partial charge in [-0.05, 0) is 33.0 Å². The van der Waals surface area contributed by atoms with Gasteiger partial charge in [-0.25, -0.2) is 0 Å². The van der Waals surface area contributed by atoms with Gasteiger partial charge in [0.25, 0.3) is 11.6 Å². The van der Waals surface area contributed by atoms with Crippen molar-refractivity contribution in [2.24, 2.45) is 0 Å². The number of carbonyl (C=O) groups is 1. The van der Waals surface area contributed by atoms with Gasteiger partial charge in [0.1, 0.15) is 15.9 Å². The molecule has 0 aliphatic carbocycles. The third-order valence-electron chi connectivity index (χ3n) is 2.74. The number of H-pyrrole nitrogens is 1. The number of carbonyl (C=O) groups excluding carboxylic acids is 1. The van der Waals surface area contributed by atoms with Crippen molar-refractivity contribution in [3.05, 3.63) is 48.6 Å². The molecule has 11 nitrogen and oxygen atoms in total. The first kappa shape index (κ1) is 16.4. The van der Waals surface area contributed by atoms with Crippen LogP contribution < -0.4 is 10.1 Å². The summed E-state index contributed by atoms with van der Waals surface area (Å²) in [5, 5.41) is 29.6. The molecule has 0 radical (unpaired) electrons. The third kappa shape index (κ3) is 3.26. The maximum atomic E-state index is 12.1. The number of ether oxygens (including phenoxy) is 1. The van der Waals surface area contributed by atoms with E-state index in [4.69, 9.17) is 4.74 Å². The number of nitro benzene ring substituents is 1. The average molecular weight is 386 g/mol. The molecule has 12 heteroatoms. The Labute approximate surface area is 136 Å². The summed E-state index contributed by atoms with van der Waals surface area (Å²) in [5.74, 6) is -1.11. The topological polar surface area (TPSA) is 153 Å². The molecule has 120 valence electrons. The van der Waals surface area contributed by atoms with E-state index in [1.807, 2.05) is 0 Å². The molecule has 0 aliphatic heterocycles. The van der Waals surface area contributed by atoms with Crippen molar-refractivity contribution < 1.29 is 19.4 Å². The van der Waals surface area contributed by atoms with Crippen LogP contribution in [0, 0.1) is 20.2 Å². The van der Waals surface area contributed by atoms with E-state index in [-0.39, 0.29) is 27.3 Å². The Morgan fingerprint density at radius 3 is 2.57 bits per heavy atom. The van der Waals surface area contributed by atoms with Gasteiger partial charge in [0, 0.05) is 0 Å². The Bertz CT molecular complexity index is 804. The molecule has 23 heavy (non-hydrogen) atoms. The van der Waals surface area contributed by atoms with Crippen LogP contribution >= 0.6 is 15.9 Å². The summed E-state index contributed by atoms with van der Waals surface area (Å²) in [5.41, 5.74) is -0.793. The van der Waals surface area contributed by atoms with Crippen molar-refractivity contribution in [1.29, 1.82) is 0 Å². The monoisotopic (exact) mass is 385 g/mol. The fourth-order valence-corrected chi connectivity index (χ4v) is 2.17. The molecule has 1 heterocycles. The van der Waals surface area contributed by atoms with Crippen LogP contribution in [0.15, 0.2) is 22.7 Å². The number of halogens is 1. The summed E-state index contributed by atoms with van der Waals surface area (Å²) in [6.07, 6.45) is 0. The summed E-state index contributed by atoms with van der Waals surface area (Å²) in [7, 11) is 1.34. The van der Waals surface area contributed by atoms with Gasteiger partial charge >= 0.3 is 5.82 Å². The quantitative estimate of drug-likeness (QED) is 0.590. The van der Waals surface area contributed by atoms with Crippen LogP contribution in [-0.4, -0.2) is 33.1 Å². The van der Waals surface area contributed by atoms with Crippen molar-refractivity contribution in [2.75, 3.05) is 12.4 Å². The normalized spacial score (nSPS) is 10.2. The molecule has 0 spiro atoms. The average Bonchev–Trinajstić information content (AvgIpc) is 2.89. The molecule has 0 saturated heterocycles. The van der Waals surface area contributed by atoms with Crippen LogP contribution in [0.4, 0.5) is 17.2 Å². The van der Waals surface area contributed by atoms with E-state index in [9.17, 15) is 25.0 Å². The SMILES string of the molecule is COc1ccc(NC(=O)c2n[nH]c([N+](=O)[O-])c2Br)c([N+](=O)[O-])c1. The molecule has 0 aliphatic rings. The number of amides is 1. The third-order valence-corrected chi connectivity index (χ3v) is 3.49. The molecule has 0 atom stereocenters. The molecule has 2 N–H and O–H groups in total. The lowest BCUT2D eigenvalue weighted by Gasteiger charge is -2.06. The first-order valence-electron chi connectivity index (χ1n) is 5.87. The lowest BCUT2D eigenvalue weighted by Crippen LogP contribution is -2.14. The summed E-state index contributed by atoms with van der Waals surface area (Å²) < 4.78 is 4.73. The van der Waals surface area contributed by atoms with Crippen molar-refractivity contribution in [1.82, 2.24) is 10.2 Å². The van der Waals surface area contributed by atoms with Crippen LogP contribution in [0.25, 0.3) is 0 Å². The second-order valence-corrected chi connectivity index (χ2v) is 4.88. The predicted octanol–water partition coefficient (Wildman–Crippen LogP) is 2.25. The highest BCUT2D eigenvalue weighted by molar-refractivity contribution is 9.10. The first-order chi connectivity index (χ1) is 10.8. The van der Waals surface area contributed by atoms with E-state index >= 15 is 0 Å². The van der Waals surface area contributed by atoms with Crippen molar-refractivity contribution in [3.8, 4) is 5.75 Å².